The minimum absolute atomic E-state index is 0.0347. The predicted octanol–water partition coefficient (Wildman–Crippen LogP) is 20.9. The molecule has 0 aromatic heterocycles. The molecule has 0 aromatic rings. The van der Waals surface area contributed by atoms with Gasteiger partial charge in [0.1, 0.15) is 19.8 Å². The third-order valence-electron chi connectivity index (χ3n) is 15.0. The molecule has 0 amide bonds. The van der Waals surface area contributed by atoms with Crippen LogP contribution in [0.5, 0.6) is 0 Å². The molecule has 10 heteroatoms. The zero-order valence-electron chi connectivity index (χ0n) is 51.3. The van der Waals surface area contributed by atoms with E-state index >= 15 is 0 Å². The van der Waals surface area contributed by atoms with Crippen molar-refractivity contribution in [1.82, 2.24) is 0 Å². The smallest absolute Gasteiger partial charge is 0.462 e. The average molecular weight is 1100 g/mol. The molecule has 2 atom stereocenters. The molecule has 0 radical (unpaired) electrons. The number of quaternary nitrogens is 1. The number of likely N-dealkylation sites (N-methyl/N-ethyl adjacent to an activating group) is 1. The lowest BCUT2D eigenvalue weighted by molar-refractivity contribution is -0.870. The standard InChI is InChI=1S/C66H128NO8P/c1-6-8-10-12-14-16-18-20-22-24-26-28-30-32-33-35-36-38-40-42-44-46-48-50-52-54-56-58-65(68)72-62-64(63-74-76(70,71)73-61-60-67(3,4)5)75-66(69)59-57-55-53-51-49-47-45-43-41-39-37-34-31-29-27-25-23-21-19-17-15-13-11-9-7-2/h19,21,25,27,64H,6-18,20,22-24,26,28-63H2,1-5H3/p+1/b21-19-,27-25-. The minimum Gasteiger partial charge on any atom is -0.462 e. The highest BCUT2D eigenvalue weighted by Crippen LogP contribution is 2.43. The van der Waals surface area contributed by atoms with E-state index in [1.54, 1.807) is 0 Å². The number of phosphoric acid groups is 1. The third kappa shape index (κ3) is 61.7. The first kappa shape index (κ1) is 74.5. The highest BCUT2D eigenvalue weighted by molar-refractivity contribution is 7.47. The molecule has 0 saturated heterocycles. The second-order valence-corrected chi connectivity index (χ2v) is 25.3. The normalized spacial score (nSPS) is 13.3. The Morgan fingerprint density at radius 1 is 0.408 bits per heavy atom. The van der Waals surface area contributed by atoms with Gasteiger partial charge in [-0.05, 0) is 44.9 Å². The van der Waals surface area contributed by atoms with Gasteiger partial charge in [-0.3, -0.25) is 18.6 Å². The van der Waals surface area contributed by atoms with E-state index in [4.69, 9.17) is 18.5 Å². The lowest BCUT2D eigenvalue weighted by atomic mass is 10.0. The fourth-order valence-corrected chi connectivity index (χ4v) is 10.6. The van der Waals surface area contributed by atoms with E-state index in [1.807, 2.05) is 21.1 Å². The first-order valence-electron chi connectivity index (χ1n) is 33.1. The number of nitrogens with zero attached hydrogens (tertiary/aromatic N) is 1. The number of allylic oxidation sites excluding steroid dienone is 4. The summed E-state index contributed by atoms with van der Waals surface area (Å²) in [5.74, 6) is -0.777. The Bertz CT molecular complexity index is 1330. The summed E-state index contributed by atoms with van der Waals surface area (Å²) in [5.41, 5.74) is 0. The first-order chi connectivity index (χ1) is 37.0. The zero-order chi connectivity index (χ0) is 55.6. The fraction of sp³-hybridized carbons (Fsp3) is 0.909. The SMILES string of the molecule is CCCCCCC/C=C\C/C=C\CCCCCCCCCCCCCCCC(=O)OC(COC(=O)CCCCCCCCCCCCCCCCCCCCCCCCCCCCC)COP(=O)(O)OCC[N+](C)(C)C. The van der Waals surface area contributed by atoms with Crippen molar-refractivity contribution in [2.24, 2.45) is 0 Å². The maximum absolute atomic E-state index is 12.9. The van der Waals surface area contributed by atoms with E-state index in [1.165, 1.54) is 263 Å². The molecule has 450 valence electrons. The molecule has 9 nitrogen and oxygen atoms in total. The van der Waals surface area contributed by atoms with E-state index in [0.29, 0.717) is 23.9 Å². The van der Waals surface area contributed by atoms with Crippen molar-refractivity contribution in [2.45, 2.75) is 341 Å². The Balaban J connectivity index is 4.04. The second kappa shape index (κ2) is 58.2. The van der Waals surface area contributed by atoms with Gasteiger partial charge in [0.05, 0.1) is 27.7 Å². The molecular weight excluding hydrogens is 966 g/mol. The summed E-state index contributed by atoms with van der Waals surface area (Å²) in [7, 11) is 1.50. The number of esters is 2. The van der Waals surface area contributed by atoms with Gasteiger partial charge in [0.15, 0.2) is 6.10 Å². The van der Waals surface area contributed by atoms with E-state index in [9.17, 15) is 19.0 Å². The van der Waals surface area contributed by atoms with E-state index in [-0.39, 0.29) is 25.6 Å². The molecule has 0 aromatic carbocycles. The Morgan fingerprint density at radius 3 is 1.04 bits per heavy atom. The summed E-state index contributed by atoms with van der Waals surface area (Å²) in [6.45, 7) is 4.49. The lowest BCUT2D eigenvalue weighted by Gasteiger charge is -2.24. The highest BCUT2D eigenvalue weighted by Gasteiger charge is 2.27. The minimum atomic E-state index is -4.39. The molecule has 0 spiro atoms. The molecule has 2 unspecified atom stereocenters. The summed E-state index contributed by atoms with van der Waals surface area (Å²) in [6.07, 6.45) is 71.3. The van der Waals surface area contributed by atoms with Crippen molar-refractivity contribution in [3.05, 3.63) is 24.3 Å². The van der Waals surface area contributed by atoms with Crippen LogP contribution < -0.4 is 0 Å². The monoisotopic (exact) mass is 1090 g/mol. The average Bonchev–Trinajstić information content (AvgIpc) is 3.38. The van der Waals surface area contributed by atoms with Gasteiger partial charge >= 0.3 is 19.8 Å². The first-order valence-corrected chi connectivity index (χ1v) is 34.6. The maximum Gasteiger partial charge on any atom is 0.472 e. The number of carbonyl (C=O) groups excluding carboxylic acids is 2. The molecule has 0 saturated carbocycles. The summed E-state index contributed by atoms with van der Waals surface area (Å²) in [6, 6.07) is 0. The van der Waals surface area contributed by atoms with Gasteiger partial charge in [0.2, 0.25) is 0 Å². The van der Waals surface area contributed by atoms with Crippen LogP contribution in [0.15, 0.2) is 24.3 Å². The number of ether oxygens (including phenoxy) is 2. The number of rotatable bonds is 62. The van der Waals surface area contributed by atoms with Gasteiger partial charge < -0.3 is 18.9 Å². The van der Waals surface area contributed by atoms with Gasteiger partial charge in [-0.2, -0.15) is 0 Å². The van der Waals surface area contributed by atoms with Crippen LogP contribution in [0, 0.1) is 0 Å². The van der Waals surface area contributed by atoms with Crippen molar-refractivity contribution in [2.75, 3.05) is 47.5 Å². The Labute approximate surface area is 472 Å². The summed E-state index contributed by atoms with van der Waals surface area (Å²) in [5, 5.41) is 0. The molecule has 0 bridgehead atoms. The molecule has 0 fully saturated rings. The van der Waals surface area contributed by atoms with Crippen molar-refractivity contribution >= 4 is 19.8 Å². The van der Waals surface area contributed by atoms with Crippen LogP contribution in [-0.4, -0.2) is 74.9 Å². The fourth-order valence-electron chi connectivity index (χ4n) is 9.87. The maximum atomic E-state index is 12.9. The number of hydrogen-bond donors (Lipinski definition) is 1. The summed E-state index contributed by atoms with van der Waals surface area (Å²) in [4.78, 5) is 35.8. The van der Waals surface area contributed by atoms with Gasteiger partial charge in [0.25, 0.3) is 0 Å². The van der Waals surface area contributed by atoms with Gasteiger partial charge in [-0.25, -0.2) is 4.57 Å². The number of phosphoric ester groups is 1. The van der Waals surface area contributed by atoms with Crippen molar-refractivity contribution in [3.8, 4) is 0 Å². The number of unbranched alkanes of at least 4 members (excludes halogenated alkanes) is 44. The molecule has 0 aliphatic rings. The molecule has 0 rings (SSSR count). The van der Waals surface area contributed by atoms with Crippen molar-refractivity contribution in [3.63, 3.8) is 0 Å². The van der Waals surface area contributed by atoms with Crippen LogP contribution >= 0.6 is 7.82 Å². The number of carbonyl (C=O) groups is 2. The Hall–Kier alpha value is -1.51. The van der Waals surface area contributed by atoms with Crippen LogP contribution in [0.4, 0.5) is 0 Å². The number of hydrogen-bond acceptors (Lipinski definition) is 7. The summed E-state index contributed by atoms with van der Waals surface area (Å²) < 4.78 is 34.7. The second-order valence-electron chi connectivity index (χ2n) is 23.9. The van der Waals surface area contributed by atoms with Crippen LogP contribution in [0.3, 0.4) is 0 Å². The largest absolute Gasteiger partial charge is 0.472 e. The summed E-state index contributed by atoms with van der Waals surface area (Å²) >= 11 is 0. The molecular formula is C66H129NO8P+. The lowest BCUT2D eigenvalue weighted by Crippen LogP contribution is -2.37. The van der Waals surface area contributed by atoms with Gasteiger partial charge in [0, 0.05) is 12.8 Å². The van der Waals surface area contributed by atoms with E-state index < -0.39 is 26.5 Å². The zero-order valence-corrected chi connectivity index (χ0v) is 52.2. The van der Waals surface area contributed by atoms with Crippen molar-refractivity contribution < 1.29 is 42.1 Å². The molecule has 1 N–H and O–H groups in total. The quantitative estimate of drug-likeness (QED) is 0.0211. The van der Waals surface area contributed by atoms with Crippen LogP contribution in [0.25, 0.3) is 0 Å². The third-order valence-corrected chi connectivity index (χ3v) is 16.0. The van der Waals surface area contributed by atoms with Crippen molar-refractivity contribution in [1.29, 1.82) is 0 Å². The van der Waals surface area contributed by atoms with E-state index in [0.717, 1.165) is 38.5 Å². The molecule has 76 heavy (non-hydrogen) atoms. The van der Waals surface area contributed by atoms with Gasteiger partial charge in [-0.1, -0.05) is 301 Å². The van der Waals surface area contributed by atoms with Crippen LogP contribution in [0.2, 0.25) is 0 Å². The molecule has 0 heterocycles. The molecule has 0 aliphatic heterocycles. The van der Waals surface area contributed by atoms with Crippen LogP contribution in [-0.2, 0) is 32.7 Å². The predicted molar refractivity (Wildman–Crippen MR) is 326 cm³/mol. The Kier molecular flexibility index (Phi) is 57.0. The van der Waals surface area contributed by atoms with Crippen LogP contribution in [0.1, 0.15) is 335 Å². The Morgan fingerprint density at radius 2 is 0.711 bits per heavy atom. The topological polar surface area (TPSA) is 108 Å². The van der Waals surface area contributed by atoms with Gasteiger partial charge in [-0.15, -0.1) is 0 Å². The molecule has 0 aliphatic carbocycles. The highest BCUT2D eigenvalue weighted by atomic mass is 31.2. The van der Waals surface area contributed by atoms with E-state index in [2.05, 4.69) is 38.2 Å².